The second-order valence-electron chi connectivity index (χ2n) is 14.0. The molecule has 8 nitrogen and oxygen atoms in total. The van der Waals surface area contributed by atoms with Gasteiger partial charge in [0.15, 0.2) is 6.29 Å². The molecule has 1 fully saturated rings. The van der Waals surface area contributed by atoms with E-state index >= 15 is 0 Å². The van der Waals surface area contributed by atoms with Gasteiger partial charge in [-0.05, 0) is 12.8 Å². The van der Waals surface area contributed by atoms with Crippen LogP contribution in [0.5, 0.6) is 0 Å². The maximum Gasteiger partial charge on any atom is 0.220 e. The van der Waals surface area contributed by atoms with E-state index in [1.54, 1.807) is 0 Å². The molecule has 0 spiro atoms. The smallest absolute Gasteiger partial charge is 0.220 e. The van der Waals surface area contributed by atoms with Crippen molar-refractivity contribution in [2.75, 3.05) is 13.2 Å². The van der Waals surface area contributed by atoms with Crippen molar-refractivity contribution in [2.24, 2.45) is 0 Å². The molecule has 1 amide bonds. The first kappa shape index (κ1) is 43.3. The topological polar surface area (TPSA) is 128 Å². The molecule has 1 aliphatic rings. The van der Waals surface area contributed by atoms with Gasteiger partial charge in [-0.15, -0.1) is 0 Å². The summed E-state index contributed by atoms with van der Waals surface area (Å²) >= 11 is 0. The van der Waals surface area contributed by atoms with Gasteiger partial charge in [-0.3, -0.25) is 4.79 Å². The maximum absolute atomic E-state index is 12.8. The zero-order chi connectivity index (χ0) is 33.7. The minimum Gasteiger partial charge on any atom is -0.394 e. The molecule has 274 valence electrons. The molecule has 1 heterocycles. The average Bonchev–Trinajstić information content (AvgIpc) is 3.05. The van der Waals surface area contributed by atoms with E-state index in [9.17, 15) is 25.2 Å². The van der Waals surface area contributed by atoms with E-state index in [0.29, 0.717) is 6.42 Å². The Kier molecular flexibility index (Phi) is 28.5. The van der Waals surface area contributed by atoms with Gasteiger partial charge in [0, 0.05) is 6.42 Å². The molecule has 0 unspecified atom stereocenters. The van der Waals surface area contributed by atoms with Crippen LogP contribution in [-0.2, 0) is 14.3 Å². The number of unbranched alkanes of at least 4 members (excludes halogenated alkanes) is 23. The molecule has 0 bridgehead atoms. The summed E-state index contributed by atoms with van der Waals surface area (Å²) in [5.41, 5.74) is 0. The van der Waals surface area contributed by atoms with E-state index in [1.165, 1.54) is 135 Å². The van der Waals surface area contributed by atoms with E-state index in [2.05, 4.69) is 19.2 Å². The van der Waals surface area contributed by atoms with Crippen molar-refractivity contribution < 1.29 is 34.7 Å². The summed E-state index contributed by atoms with van der Waals surface area (Å²) in [4.78, 5) is 12.8. The van der Waals surface area contributed by atoms with Crippen LogP contribution in [0.25, 0.3) is 0 Å². The highest BCUT2D eigenvalue weighted by molar-refractivity contribution is 5.76. The van der Waals surface area contributed by atoms with Crippen LogP contribution in [0.3, 0.4) is 0 Å². The second-order valence-corrected chi connectivity index (χ2v) is 14.0. The van der Waals surface area contributed by atoms with Crippen molar-refractivity contribution in [3.05, 3.63) is 0 Å². The lowest BCUT2D eigenvalue weighted by molar-refractivity contribution is -0.302. The van der Waals surface area contributed by atoms with E-state index in [4.69, 9.17) is 9.47 Å². The third kappa shape index (κ3) is 22.0. The molecule has 0 aromatic heterocycles. The van der Waals surface area contributed by atoms with E-state index in [0.717, 1.165) is 32.1 Å². The van der Waals surface area contributed by atoms with Gasteiger partial charge >= 0.3 is 0 Å². The Balaban J connectivity index is 2.32. The van der Waals surface area contributed by atoms with Crippen LogP contribution in [-0.4, -0.2) is 76.3 Å². The third-order valence-electron chi connectivity index (χ3n) is 9.59. The summed E-state index contributed by atoms with van der Waals surface area (Å²) in [5.74, 6) is 0.0180. The Morgan fingerprint density at radius 1 is 0.609 bits per heavy atom. The second kappa shape index (κ2) is 30.3. The number of amides is 1. The van der Waals surface area contributed by atoms with Crippen LogP contribution < -0.4 is 5.32 Å². The number of hydrogen-bond acceptors (Lipinski definition) is 7. The summed E-state index contributed by atoms with van der Waals surface area (Å²) in [6, 6.07) is -0.232. The molecule has 46 heavy (non-hydrogen) atoms. The first-order chi connectivity index (χ1) is 22.4. The van der Waals surface area contributed by atoms with Gasteiger partial charge in [-0.2, -0.15) is 0 Å². The SMILES string of the molecule is CCCCCCCCCCCCCCCC(=O)N[C@@H](CCCCCCCCCCCCCC)CO[C@H]1O[C@H](CO)[C@@H](O)[C@H](O)[C@@H]1O. The minimum absolute atomic E-state index is 0.0180. The predicted octanol–water partition coefficient (Wildman–Crippen LogP) is 7.86. The van der Waals surface area contributed by atoms with Gasteiger partial charge in [0.2, 0.25) is 5.91 Å². The average molecular weight is 658 g/mol. The van der Waals surface area contributed by atoms with Crippen LogP contribution in [0.2, 0.25) is 0 Å². The fourth-order valence-electron chi connectivity index (χ4n) is 6.45. The summed E-state index contributed by atoms with van der Waals surface area (Å²) in [6.07, 6.45) is 26.4. The van der Waals surface area contributed by atoms with Gasteiger partial charge in [0.05, 0.1) is 19.3 Å². The summed E-state index contributed by atoms with van der Waals surface area (Å²) in [7, 11) is 0. The number of aliphatic hydroxyl groups is 4. The molecular weight excluding hydrogens is 582 g/mol. The third-order valence-corrected chi connectivity index (χ3v) is 9.59. The number of hydrogen-bond donors (Lipinski definition) is 5. The molecule has 1 saturated heterocycles. The fraction of sp³-hybridized carbons (Fsp3) is 0.974. The molecule has 0 aromatic carbocycles. The molecule has 0 saturated carbocycles. The van der Waals surface area contributed by atoms with E-state index < -0.39 is 37.3 Å². The van der Waals surface area contributed by atoms with Crippen molar-refractivity contribution in [3.8, 4) is 0 Å². The quantitative estimate of drug-likeness (QED) is 0.0466. The first-order valence-corrected chi connectivity index (χ1v) is 19.7. The lowest BCUT2D eigenvalue weighted by Crippen LogP contribution is -2.59. The molecule has 8 heteroatoms. The lowest BCUT2D eigenvalue weighted by atomic mass is 9.99. The molecule has 6 atom stereocenters. The Bertz CT molecular complexity index is 679. The number of carbonyl (C=O) groups is 1. The van der Waals surface area contributed by atoms with Crippen LogP contribution >= 0.6 is 0 Å². The van der Waals surface area contributed by atoms with E-state index in [-0.39, 0.29) is 18.6 Å². The van der Waals surface area contributed by atoms with Crippen molar-refractivity contribution >= 4 is 5.91 Å². The summed E-state index contributed by atoms with van der Waals surface area (Å²) in [5, 5.41) is 43.2. The van der Waals surface area contributed by atoms with Gasteiger partial charge < -0.3 is 35.2 Å². The van der Waals surface area contributed by atoms with Crippen molar-refractivity contribution in [2.45, 2.75) is 224 Å². The Morgan fingerprint density at radius 3 is 1.46 bits per heavy atom. The number of carbonyl (C=O) groups excluding carboxylic acids is 1. The minimum atomic E-state index is -1.48. The van der Waals surface area contributed by atoms with Crippen molar-refractivity contribution in [1.29, 1.82) is 0 Å². The van der Waals surface area contributed by atoms with Crippen LogP contribution in [0.4, 0.5) is 0 Å². The highest BCUT2D eigenvalue weighted by Crippen LogP contribution is 2.23. The number of nitrogens with one attached hydrogen (secondary N) is 1. The van der Waals surface area contributed by atoms with Crippen LogP contribution in [0, 0.1) is 0 Å². The predicted molar refractivity (Wildman–Crippen MR) is 188 cm³/mol. The van der Waals surface area contributed by atoms with Gasteiger partial charge in [-0.1, -0.05) is 168 Å². The molecule has 1 aliphatic heterocycles. The molecule has 0 radical (unpaired) electrons. The first-order valence-electron chi connectivity index (χ1n) is 19.7. The molecule has 1 rings (SSSR count). The number of ether oxygens (including phenoxy) is 2. The number of aliphatic hydroxyl groups excluding tert-OH is 4. The Hall–Kier alpha value is -0.770. The highest BCUT2D eigenvalue weighted by Gasteiger charge is 2.44. The van der Waals surface area contributed by atoms with Crippen LogP contribution in [0.1, 0.15) is 187 Å². The lowest BCUT2D eigenvalue weighted by Gasteiger charge is -2.40. The Morgan fingerprint density at radius 2 is 1.02 bits per heavy atom. The normalized spacial score (nSPS) is 22.3. The zero-order valence-electron chi connectivity index (χ0n) is 30.0. The van der Waals surface area contributed by atoms with Gasteiger partial charge in [0.1, 0.15) is 24.4 Å². The Labute approximate surface area is 282 Å². The van der Waals surface area contributed by atoms with Crippen molar-refractivity contribution in [1.82, 2.24) is 5.32 Å². The summed E-state index contributed by atoms with van der Waals surface area (Å²) < 4.78 is 11.3. The highest BCUT2D eigenvalue weighted by atomic mass is 16.7. The fourth-order valence-corrected chi connectivity index (χ4v) is 6.45. The zero-order valence-corrected chi connectivity index (χ0v) is 30.0. The monoisotopic (exact) mass is 658 g/mol. The molecule has 0 aromatic rings. The standard InChI is InChI=1S/C38H75NO7/c1-3-5-7-9-11-13-15-17-19-21-23-25-27-29-34(41)39-32(28-26-24-22-20-18-16-14-12-10-8-6-4-2)31-45-38-37(44)36(43)35(42)33(30-40)46-38/h32-33,35-38,40,42-44H,3-31H2,1-2H3,(H,39,41)/t32-,33+,35+,36-,37-,38-/m0/s1. The molecule has 0 aliphatic carbocycles. The largest absolute Gasteiger partial charge is 0.394 e. The van der Waals surface area contributed by atoms with E-state index in [1.807, 2.05) is 0 Å². The molecular formula is C38H75NO7. The van der Waals surface area contributed by atoms with Crippen LogP contribution in [0.15, 0.2) is 0 Å². The van der Waals surface area contributed by atoms with Crippen molar-refractivity contribution in [3.63, 3.8) is 0 Å². The van der Waals surface area contributed by atoms with Gasteiger partial charge in [-0.25, -0.2) is 0 Å². The molecule has 5 N–H and O–H groups in total. The van der Waals surface area contributed by atoms with Gasteiger partial charge in [0.25, 0.3) is 0 Å². The maximum atomic E-state index is 12.8. The summed E-state index contributed by atoms with van der Waals surface area (Å²) in [6.45, 7) is 4.15. The number of rotatable bonds is 32.